The van der Waals surface area contributed by atoms with Gasteiger partial charge in [0.1, 0.15) is 17.7 Å². The molecule has 10 heteroatoms. The van der Waals surface area contributed by atoms with Crippen molar-refractivity contribution in [1.29, 1.82) is 0 Å². The van der Waals surface area contributed by atoms with Gasteiger partial charge in [-0.15, -0.1) is 11.3 Å². The van der Waals surface area contributed by atoms with E-state index in [2.05, 4.69) is 21.5 Å². The molecule has 2 heterocycles. The Morgan fingerprint density at radius 2 is 1.94 bits per heavy atom. The average molecular weight is 536 g/mol. The summed E-state index contributed by atoms with van der Waals surface area (Å²) in [5, 5.41) is 1.85. The zero-order chi connectivity index (χ0) is 24.6. The van der Waals surface area contributed by atoms with E-state index < -0.39 is 10.0 Å². The molecule has 1 aliphatic heterocycles. The number of hydrogen-bond acceptors (Lipinski definition) is 6. The van der Waals surface area contributed by atoms with E-state index in [0.717, 1.165) is 31.5 Å². The van der Waals surface area contributed by atoms with E-state index in [4.69, 9.17) is 16.3 Å². The molecular weight excluding hydrogens is 509 g/mol. The number of halogens is 2. The molecule has 1 aliphatic carbocycles. The van der Waals surface area contributed by atoms with Crippen molar-refractivity contribution in [2.75, 3.05) is 17.8 Å². The summed E-state index contributed by atoms with van der Waals surface area (Å²) in [7, 11) is -3.79. The molecule has 6 nitrogen and oxygen atoms in total. The molecular formula is C25H27ClFN3O3S2. The van der Waals surface area contributed by atoms with Crippen molar-refractivity contribution in [2.45, 2.75) is 55.6 Å². The Labute approximate surface area is 214 Å². The third-order valence-electron chi connectivity index (χ3n) is 6.72. The van der Waals surface area contributed by atoms with Crippen molar-refractivity contribution in [3.8, 4) is 5.75 Å². The Morgan fingerprint density at radius 3 is 2.60 bits per heavy atom. The van der Waals surface area contributed by atoms with Gasteiger partial charge in [0, 0.05) is 30.1 Å². The van der Waals surface area contributed by atoms with Gasteiger partial charge in [0.2, 0.25) is 0 Å². The van der Waals surface area contributed by atoms with E-state index in [1.807, 2.05) is 12.1 Å². The fraction of sp³-hybridized carbons (Fsp3) is 0.400. The van der Waals surface area contributed by atoms with Crippen molar-refractivity contribution in [2.24, 2.45) is 0 Å². The number of nitrogens with one attached hydrogen (secondary N) is 1. The van der Waals surface area contributed by atoms with E-state index >= 15 is 0 Å². The van der Waals surface area contributed by atoms with Crippen LogP contribution in [0.5, 0.6) is 5.75 Å². The Balaban J connectivity index is 1.19. The number of rotatable bonds is 8. The predicted molar refractivity (Wildman–Crippen MR) is 136 cm³/mol. The van der Waals surface area contributed by atoms with Gasteiger partial charge >= 0.3 is 0 Å². The lowest BCUT2D eigenvalue weighted by atomic mass is 9.98. The minimum Gasteiger partial charge on any atom is -0.489 e. The Hall–Kier alpha value is -2.20. The zero-order valence-electron chi connectivity index (χ0n) is 19.3. The van der Waals surface area contributed by atoms with Gasteiger partial charge < -0.3 is 4.74 Å². The summed E-state index contributed by atoms with van der Waals surface area (Å²) >= 11 is 7.68. The van der Waals surface area contributed by atoms with Gasteiger partial charge in [-0.05, 0) is 68.4 Å². The van der Waals surface area contributed by atoms with Crippen LogP contribution in [0.3, 0.4) is 0 Å². The Bertz CT molecular complexity index is 1290. The molecule has 186 valence electrons. The maximum absolute atomic E-state index is 14.6. The van der Waals surface area contributed by atoms with E-state index in [1.165, 1.54) is 41.9 Å². The van der Waals surface area contributed by atoms with Crippen LogP contribution in [0.15, 0.2) is 52.2 Å². The monoisotopic (exact) mass is 535 g/mol. The molecule has 1 atom stereocenters. The topological polar surface area (TPSA) is 71.5 Å². The van der Waals surface area contributed by atoms with Crippen LogP contribution in [-0.2, 0) is 10.0 Å². The van der Waals surface area contributed by atoms with Crippen molar-refractivity contribution >= 4 is 38.8 Å². The van der Waals surface area contributed by atoms with Crippen molar-refractivity contribution in [3.05, 3.63) is 69.3 Å². The predicted octanol–water partition coefficient (Wildman–Crippen LogP) is 6.22. The van der Waals surface area contributed by atoms with Crippen LogP contribution < -0.4 is 9.46 Å². The smallest absolute Gasteiger partial charge is 0.263 e. The summed E-state index contributed by atoms with van der Waals surface area (Å²) in [4.78, 5) is 6.28. The molecule has 5 rings (SSSR count). The first-order valence-electron chi connectivity index (χ1n) is 11.7. The molecule has 1 saturated carbocycles. The molecule has 2 aromatic carbocycles. The first kappa shape index (κ1) is 24.5. The molecule has 1 aromatic heterocycles. The molecule has 0 amide bonds. The zero-order valence-corrected chi connectivity index (χ0v) is 21.7. The second kappa shape index (κ2) is 10.0. The highest BCUT2D eigenvalue weighted by Gasteiger charge is 2.29. The molecule has 0 unspecified atom stereocenters. The highest BCUT2D eigenvalue weighted by molar-refractivity contribution is 7.92. The third kappa shape index (κ3) is 5.63. The SMILES string of the molecule is C[C@H](c1cc(C2CC2)ccc1F)N1CCC(Oc2ccc(S(=O)(=O)Nc3cscn3)cc2Cl)CC1. The number of nitrogens with zero attached hydrogens (tertiary/aromatic N) is 2. The first-order chi connectivity index (χ1) is 16.8. The van der Waals surface area contributed by atoms with Crippen LogP contribution in [0.25, 0.3) is 0 Å². The number of likely N-dealkylation sites (tertiary alicyclic amines) is 1. The summed E-state index contributed by atoms with van der Waals surface area (Å²) in [6, 6.07) is 10.0. The highest BCUT2D eigenvalue weighted by Crippen LogP contribution is 2.41. The van der Waals surface area contributed by atoms with Crippen LogP contribution in [0, 0.1) is 5.82 Å². The van der Waals surface area contributed by atoms with Gasteiger partial charge in [-0.3, -0.25) is 9.62 Å². The standard InChI is InChI=1S/C25H27ClFN3O3S2/c1-16(21-12-18(17-2-3-17)4-6-23(21)27)30-10-8-19(9-11-30)33-24-7-5-20(13-22(24)26)35(31,32)29-25-14-34-15-28-25/h4-7,12-17,19,29H,2-3,8-11H2,1H3/t16-/m1/s1. The van der Waals surface area contributed by atoms with E-state index in [0.29, 0.717) is 11.7 Å². The lowest BCUT2D eigenvalue weighted by molar-refractivity contribution is 0.0788. The average Bonchev–Trinajstić information content (AvgIpc) is 3.57. The van der Waals surface area contributed by atoms with Crippen LogP contribution >= 0.6 is 22.9 Å². The molecule has 2 aliphatic rings. The lowest BCUT2D eigenvalue weighted by Crippen LogP contribution is -2.39. The maximum Gasteiger partial charge on any atom is 0.263 e. The quantitative estimate of drug-likeness (QED) is 0.371. The number of ether oxygens (including phenoxy) is 1. The van der Waals surface area contributed by atoms with Gasteiger partial charge in [-0.25, -0.2) is 17.8 Å². The summed E-state index contributed by atoms with van der Waals surface area (Å²) < 4.78 is 48.3. The third-order valence-corrected chi connectivity index (χ3v) is 8.96. The van der Waals surface area contributed by atoms with E-state index in [9.17, 15) is 12.8 Å². The molecule has 0 spiro atoms. The fourth-order valence-corrected chi connectivity index (χ4v) is 6.39. The minimum absolute atomic E-state index is 0.00653. The molecule has 0 bridgehead atoms. The summed E-state index contributed by atoms with van der Waals surface area (Å²) in [5.41, 5.74) is 3.56. The van der Waals surface area contributed by atoms with Gasteiger partial charge in [-0.2, -0.15) is 0 Å². The van der Waals surface area contributed by atoms with Crippen LogP contribution in [0.2, 0.25) is 5.02 Å². The van der Waals surface area contributed by atoms with Crippen LogP contribution in [0.1, 0.15) is 55.7 Å². The molecule has 35 heavy (non-hydrogen) atoms. The van der Waals surface area contributed by atoms with Crippen LogP contribution in [0.4, 0.5) is 10.2 Å². The van der Waals surface area contributed by atoms with Crippen molar-refractivity contribution in [3.63, 3.8) is 0 Å². The molecule has 0 radical (unpaired) electrons. The number of aromatic nitrogens is 1. The minimum atomic E-state index is -3.79. The summed E-state index contributed by atoms with van der Waals surface area (Å²) in [6.07, 6.45) is 3.89. The number of thiazole rings is 1. The second-order valence-electron chi connectivity index (χ2n) is 9.16. The number of benzene rings is 2. The van der Waals surface area contributed by atoms with Crippen molar-refractivity contribution < 1.29 is 17.5 Å². The van der Waals surface area contributed by atoms with E-state index in [-0.39, 0.29) is 33.7 Å². The van der Waals surface area contributed by atoms with Gasteiger partial charge in [0.05, 0.1) is 15.4 Å². The molecule has 2 fully saturated rings. The number of piperidine rings is 1. The second-order valence-corrected chi connectivity index (χ2v) is 12.0. The van der Waals surface area contributed by atoms with E-state index in [1.54, 1.807) is 23.0 Å². The van der Waals surface area contributed by atoms with Gasteiger partial charge in [0.25, 0.3) is 10.0 Å². The number of sulfonamides is 1. The fourth-order valence-electron chi connectivity index (χ4n) is 4.51. The lowest BCUT2D eigenvalue weighted by Gasteiger charge is -2.36. The highest BCUT2D eigenvalue weighted by atomic mass is 35.5. The van der Waals surface area contributed by atoms with Gasteiger partial charge in [0.15, 0.2) is 5.82 Å². The largest absolute Gasteiger partial charge is 0.489 e. The maximum atomic E-state index is 14.6. The first-order valence-corrected chi connectivity index (χ1v) is 14.5. The number of anilines is 1. The molecule has 3 aromatic rings. The Kier molecular flexibility index (Phi) is 7.03. The Morgan fingerprint density at radius 1 is 1.17 bits per heavy atom. The summed E-state index contributed by atoms with van der Waals surface area (Å²) in [6.45, 7) is 3.62. The van der Waals surface area contributed by atoms with Gasteiger partial charge in [-0.1, -0.05) is 23.7 Å². The normalized spacial score (nSPS) is 18.4. The number of hydrogen-bond donors (Lipinski definition) is 1. The molecule has 1 N–H and O–H groups in total. The van der Waals surface area contributed by atoms with Crippen LogP contribution in [-0.4, -0.2) is 37.5 Å². The molecule has 1 saturated heterocycles. The van der Waals surface area contributed by atoms with Crippen molar-refractivity contribution in [1.82, 2.24) is 9.88 Å². The summed E-state index contributed by atoms with van der Waals surface area (Å²) in [5.74, 6) is 1.17.